The summed E-state index contributed by atoms with van der Waals surface area (Å²) < 4.78 is 4.91. The highest BCUT2D eigenvalue weighted by Gasteiger charge is 2.07. The number of carbonyl (C=O) groups excluding carboxylic acids is 2. The molecular weight excluding hydrogens is 206 g/mol. The van der Waals surface area contributed by atoms with Gasteiger partial charge in [0.15, 0.2) is 5.78 Å². The first-order valence-electron chi connectivity index (χ1n) is 5.16. The van der Waals surface area contributed by atoms with E-state index in [-0.39, 0.29) is 24.8 Å². The van der Waals surface area contributed by atoms with E-state index in [1.807, 2.05) is 13.0 Å². The molecule has 0 spiro atoms. The predicted octanol–water partition coefficient (Wildman–Crippen LogP) is 1.02. The Morgan fingerprint density at radius 2 is 1.94 bits per heavy atom. The van der Waals surface area contributed by atoms with E-state index >= 15 is 0 Å². The van der Waals surface area contributed by atoms with Crippen LogP contribution in [0.1, 0.15) is 17.3 Å². The first-order chi connectivity index (χ1) is 7.74. The van der Waals surface area contributed by atoms with Gasteiger partial charge in [-0.05, 0) is 6.92 Å². The lowest BCUT2D eigenvalue weighted by atomic mass is 10.1. The van der Waals surface area contributed by atoms with E-state index in [0.717, 1.165) is 0 Å². The van der Waals surface area contributed by atoms with Crippen molar-refractivity contribution in [2.75, 3.05) is 19.8 Å². The van der Waals surface area contributed by atoms with Crippen molar-refractivity contribution in [1.82, 2.24) is 5.32 Å². The number of hydrogen-bond acceptors (Lipinski definition) is 3. The Hall–Kier alpha value is -1.68. The molecule has 0 aliphatic rings. The molecule has 4 heteroatoms. The van der Waals surface area contributed by atoms with Gasteiger partial charge in [0.05, 0.1) is 6.54 Å². The molecule has 1 aromatic rings. The highest BCUT2D eigenvalue weighted by molar-refractivity contribution is 5.99. The SMILES string of the molecule is CCOCC(=O)NCC(=O)c1ccccc1. The van der Waals surface area contributed by atoms with Gasteiger partial charge in [-0.1, -0.05) is 30.3 Å². The largest absolute Gasteiger partial charge is 0.372 e. The quantitative estimate of drug-likeness (QED) is 0.730. The van der Waals surface area contributed by atoms with Gasteiger partial charge in [-0.15, -0.1) is 0 Å². The van der Waals surface area contributed by atoms with E-state index in [0.29, 0.717) is 12.2 Å². The van der Waals surface area contributed by atoms with Gasteiger partial charge in [-0.2, -0.15) is 0 Å². The zero-order valence-electron chi connectivity index (χ0n) is 9.23. The molecule has 1 aromatic carbocycles. The molecule has 16 heavy (non-hydrogen) atoms. The minimum absolute atomic E-state index is 0.00142. The van der Waals surface area contributed by atoms with E-state index in [9.17, 15) is 9.59 Å². The fourth-order valence-corrected chi connectivity index (χ4v) is 1.15. The van der Waals surface area contributed by atoms with Crippen LogP contribution >= 0.6 is 0 Å². The van der Waals surface area contributed by atoms with Crippen LogP contribution in [-0.4, -0.2) is 31.4 Å². The lowest BCUT2D eigenvalue weighted by Gasteiger charge is -2.04. The fourth-order valence-electron chi connectivity index (χ4n) is 1.15. The van der Waals surface area contributed by atoms with Gasteiger partial charge >= 0.3 is 0 Å². The van der Waals surface area contributed by atoms with Gasteiger partial charge in [0.2, 0.25) is 5.91 Å². The Morgan fingerprint density at radius 3 is 2.56 bits per heavy atom. The van der Waals surface area contributed by atoms with Gasteiger partial charge < -0.3 is 10.1 Å². The van der Waals surface area contributed by atoms with Crippen LogP contribution in [0.2, 0.25) is 0 Å². The lowest BCUT2D eigenvalue weighted by molar-refractivity contribution is -0.125. The maximum Gasteiger partial charge on any atom is 0.246 e. The van der Waals surface area contributed by atoms with Crippen molar-refractivity contribution >= 4 is 11.7 Å². The average Bonchev–Trinajstić information content (AvgIpc) is 2.34. The fraction of sp³-hybridized carbons (Fsp3) is 0.333. The second-order valence-electron chi connectivity index (χ2n) is 3.20. The van der Waals surface area contributed by atoms with E-state index in [1.54, 1.807) is 24.3 Å². The van der Waals surface area contributed by atoms with Crippen LogP contribution in [0.5, 0.6) is 0 Å². The molecule has 0 aliphatic carbocycles. The summed E-state index contributed by atoms with van der Waals surface area (Å²) >= 11 is 0. The van der Waals surface area contributed by atoms with Crippen LogP contribution in [0.15, 0.2) is 30.3 Å². The Kier molecular flexibility index (Phi) is 5.22. The zero-order valence-corrected chi connectivity index (χ0v) is 9.23. The molecule has 0 heterocycles. The zero-order chi connectivity index (χ0) is 11.8. The highest BCUT2D eigenvalue weighted by atomic mass is 16.5. The summed E-state index contributed by atoms with van der Waals surface area (Å²) in [5.74, 6) is -0.378. The number of hydrogen-bond donors (Lipinski definition) is 1. The number of nitrogens with one attached hydrogen (secondary N) is 1. The number of rotatable bonds is 6. The standard InChI is InChI=1S/C12H15NO3/c1-2-16-9-12(15)13-8-11(14)10-6-4-3-5-7-10/h3-7H,2,8-9H2,1H3,(H,13,15). The van der Waals surface area contributed by atoms with E-state index < -0.39 is 0 Å². The molecule has 0 saturated carbocycles. The minimum atomic E-state index is -0.272. The third-order valence-corrected chi connectivity index (χ3v) is 1.98. The molecule has 0 aromatic heterocycles. The Labute approximate surface area is 94.6 Å². The van der Waals surface area contributed by atoms with Gasteiger partial charge in [-0.3, -0.25) is 9.59 Å². The summed E-state index contributed by atoms with van der Waals surface area (Å²) in [7, 11) is 0. The van der Waals surface area contributed by atoms with Crippen LogP contribution in [0, 0.1) is 0 Å². The normalized spacial score (nSPS) is 9.81. The minimum Gasteiger partial charge on any atom is -0.372 e. The van der Waals surface area contributed by atoms with Crippen molar-refractivity contribution in [2.24, 2.45) is 0 Å². The second kappa shape index (κ2) is 6.74. The molecule has 0 atom stereocenters. The molecule has 0 unspecified atom stereocenters. The number of ketones is 1. The smallest absolute Gasteiger partial charge is 0.246 e. The molecule has 0 fully saturated rings. The van der Waals surface area contributed by atoms with Crippen LogP contribution in [0.3, 0.4) is 0 Å². The number of benzene rings is 1. The van der Waals surface area contributed by atoms with Gasteiger partial charge in [0.25, 0.3) is 0 Å². The maximum absolute atomic E-state index is 11.6. The van der Waals surface area contributed by atoms with Gasteiger partial charge in [-0.25, -0.2) is 0 Å². The molecule has 1 rings (SSSR count). The number of Topliss-reactive ketones (excluding diaryl/α,β-unsaturated/α-hetero) is 1. The van der Waals surface area contributed by atoms with E-state index in [1.165, 1.54) is 0 Å². The van der Waals surface area contributed by atoms with Gasteiger partial charge in [0.1, 0.15) is 6.61 Å². The number of ether oxygens (including phenoxy) is 1. The van der Waals surface area contributed by atoms with Crippen molar-refractivity contribution in [3.63, 3.8) is 0 Å². The summed E-state index contributed by atoms with van der Waals surface area (Å²) in [5.41, 5.74) is 0.596. The maximum atomic E-state index is 11.6. The summed E-state index contributed by atoms with van der Waals surface area (Å²) in [6.45, 7) is 2.30. The van der Waals surface area contributed by atoms with Crippen LogP contribution in [-0.2, 0) is 9.53 Å². The summed E-state index contributed by atoms with van der Waals surface area (Å²) in [4.78, 5) is 22.7. The van der Waals surface area contributed by atoms with E-state index in [2.05, 4.69) is 5.32 Å². The third-order valence-electron chi connectivity index (χ3n) is 1.98. The van der Waals surface area contributed by atoms with Crippen molar-refractivity contribution in [1.29, 1.82) is 0 Å². The first kappa shape index (κ1) is 12.4. The summed E-state index contributed by atoms with van der Waals surface area (Å²) in [6, 6.07) is 8.85. The Bertz CT molecular complexity index is 349. The molecule has 1 N–H and O–H groups in total. The number of amides is 1. The lowest BCUT2D eigenvalue weighted by Crippen LogP contribution is -2.32. The second-order valence-corrected chi connectivity index (χ2v) is 3.20. The summed E-state index contributed by atoms with van der Waals surface area (Å²) in [6.07, 6.45) is 0. The molecule has 0 saturated heterocycles. The van der Waals surface area contributed by atoms with E-state index in [4.69, 9.17) is 4.74 Å². The molecule has 86 valence electrons. The monoisotopic (exact) mass is 221 g/mol. The Balaban J connectivity index is 2.33. The topological polar surface area (TPSA) is 55.4 Å². The van der Waals surface area contributed by atoms with Crippen molar-refractivity contribution in [3.05, 3.63) is 35.9 Å². The molecular formula is C12H15NO3. The van der Waals surface area contributed by atoms with Gasteiger partial charge in [0, 0.05) is 12.2 Å². The molecule has 4 nitrogen and oxygen atoms in total. The highest BCUT2D eigenvalue weighted by Crippen LogP contribution is 1.98. The van der Waals surface area contributed by atoms with Crippen LogP contribution < -0.4 is 5.32 Å². The van der Waals surface area contributed by atoms with Crippen molar-refractivity contribution in [3.8, 4) is 0 Å². The van der Waals surface area contributed by atoms with Crippen LogP contribution in [0.25, 0.3) is 0 Å². The predicted molar refractivity (Wildman–Crippen MR) is 60.3 cm³/mol. The average molecular weight is 221 g/mol. The van der Waals surface area contributed by atoms with Crippen LogP contribution in [0.4, 0.5) is 0 Å². The third kappa shape index (κ3) is 4.23. The molecule has 0 bridgehead atoms. The summed E-state index contributed by atoms with van der Waals surface area (Å²) in [5, 5.41) is 2.50. The first-order valence-corrected chi connectivity index (χ1v) is 5.16. The Morgan fingerprint density at radius 1 is 1.25 bits per heavy atom. The molecule has 0 aliphatic heterocycles. The van der Waals surface area contributed by atoms with Crippen molar-refractivity contribution < 1.29 is 14.3 Å². The van der Waals surface area contributed by atoms with Crippen molar-refractivity contribution in [2.45, 2.75) is 6.92 Å². The molecule has 1 amide bonds. The number of carbonyl (C=O) groups is 2. The molecule has 0 radical (unpaired) electrons.